The van der Waals surface area contributed by atoms with Gasteiger partial charge in [0.2, 0.25) is 0 Å². The molecule has 0 aromatic heterocycles. The van der Waals surface area contributed by atoms with Gasteiger partial charge in [0.15, 0.2) is 0 Å². The zero-order chi connectivity index (χ0) is 47.3. The van der Waals surface area contributed by atoms with Crippen molar-refractivity contribution in [1.82, 2.24) is 0 Å². The fourth-order valence-corrected chi connectivity index (χ4v) is 7.96. The fraction of sp³-hybridized carbons (Fsp3) is 0.944. The Morgan fingerprint density at radius 1 is 0.266 bits per heavy atom. The first kappa shape index (κ1) is 69.4. The number of unbranched alkanes of at least 4 members (excludes halogenated alkanes) is 36. The number of carbonyl (C=O) groups excluding carboxylic acids is 3. The predicted octanol–water partition coefficient (Wildman–Crippen LogP) is 11.5. The second kappa shape index (κ2) is 59.8. The number of carboxylic acids is 3. The number of carboxylic acid groups (broad SMARTS) is 3. The minimum absolute atomic E-state index is 0. The van der Waals surface area contributed by atoms with Gasteiger partial charge >= 0.3 is 17.4 Å². The molecule has 9 nitrogen and oxygen atoms in total. The molecular weight excluding hydrogens is 820 g/mol. The number of aliphatic carboxylic acids is 3. The molecule has 0 aliphatic rings. The van der Waals surface area contributed by atoms with Crippen molar-refractivity contribution in [1.29, 1.82) is 0 Å². The van der Waals surface area contributed by atoms with Crippen LogP contribution in [0.5, 0.6) is 0 Å². The standard InChI is InChI=1S/3C18H36O3.Al/c3*1-17(19)15-13-11-9-7-5-3-2-4-6-8-10-12-14-16-18(20)21;/h3*17,19H,2-16H2,1H3,(H,20,21);/q;;;+3/p-3. The maximum absolute atomic E-state index is 10.2. The third kappa shape index (κ3) is 78.0. The Hall–Kier alpha value is -1.18. The van der Waals surface area contributed by atoms with Gasteiger partial charge in [-0.1, -0.05) is 231 Å². The van der Waals surface area contributed by atoms with Crippen molar-refractivity contribution in [3.05, 3.63) is 0 Å². The zero-order valence-electron chi connectivity index (χ0n) is 42.4. The van der Waals surface area contributed by atoms with Crippen LogP contribution >= 0.6 is 0 Å². The van der Waals surface area contributed by atoms with Gasteiger partial charge in [0, 0.05) is 17.9 Å². The van der Waals surface area contributed by atoms with E-state index in [1.54, 1.807) is 0 Å². The van der Waals surface area contributed by atoms with E-state index in [9.17, 15) is 29.7 Å². The van der Waals surface area contributed by atoms with E-state index in [1.807, 2.05) is 20.8 Å². The molecule has 3 atom stereocenters. The van der Waals surface area contributed by atoms with E-state index in [4.69, 9.17) is 15.3 Å². The van der Waals surface area contributed by atoms with Crippen LogP contribution < -0.4 is 15.3 Å². The Labute approximate surface area is 406 Å². The summed E-state index contributed by atoms with van der Waals surface area (Å²) < 4.78 is 0. The summed E-state index contributed by atoms with van der Waals surface area (Å²) in [5.74, 6) is -2.75. The molecule has 0 aromatic rings. The normalized spacial score (nSPS) is 12.3. The molecule has 64 heavy (non-hydrogen) atoms. The number of aliphatic hydroxyl groups is 3. The number of carbonyl (C=O) groups is 3. The van der Waals surface area contributed by atoms with Crippen LogP contribution in [-0.4, -0.2) is 68.9 Å². The molecule has 0 radical (unpaired) electrons. The topological polar surface area (TPSA) is 181 Å². The molecule has 0 rings (SSSR count). The summed E-state index contributed by atoms with van der Waals surface area (Å²) >= 11 is 0. The molecule has 3 N–H and O–H groups in total. The molecule has 0 saturated carbocycles. The maximum Gasteiger partial charge on any atom is 3.00 e. The van der Waals surface area contributed by atoms with E-state index >= 15 is 0 Å². The van der Waals surface area contributed by atoms with Gasteiger partial charge in [0.1, 0.15) is 0 Å². The molecule has 0 aromatic carbocycles. The van der Waals surface area contributed by atoms with Gasteiger partial charge in [0.25, 0.3) is 0 Å². The van der Waals surface area contributed by atoms with Crippen LogP contribution in [0.15, 0.2) is 0 Å². The molecule has 0 fully saturated rings. The maximum atomic E-state index is 10.2. The van der Waals surface area contributed by atoms with Crippen molar-refractivity contribution < 1.29 is 45.0 Å². The molecule has 0 saturated heterocycles. The number of hydrogen-bond donors (Lipinski definition) is 3. The molecule has 0 spiro atoms. The Morgan fingerprint density at radius 3 is 0.484 bits per heavy atom. The largest absolute Gasteiger partial charge is 3.00 e. The van der Waals surface area contributed by atoms with Crippen LogP contribution in [0.4, 0.5) is 0 Å². The minimum Gasteiger partial charge on any atom is -0.550 e. The Balaban J connectivity index is -0.000000419. The monoisotopic (exact) mass is 925 g/mol. The summed E-state index contributed by atoms with van der Waals surface area (Å²) in [6, 6.07) is 0. The molecular formula is C54H105AlO9. The SMILES string of the molecule is CC(O)CCCCCCCCCCCCCCCC(=O)[O-].CC(O)CCCCCCCCCCCCCCCC(=O)[O-].CC(O)CCCCCCCCCCCCCCCC(=O)[O-].[Al+3]. The summed E-state index contributed by atoms with van der Waals surface area (Å²) in [4.78, 5) is 30.7. The average molecular weight is 925 g/mol. The van der Waals surface area contributed by atoms with Crippen LogP contribution in [0.2, 0.25) is 0 Å². The van der Waals surface area contributed by atoms with Gasteiger partial charge in [-0.15, -0.1) is 0 Å². The summed E-state index contributed by atoms with van der Waals surface area (Å²) in [5, 5.41) is 58.1. The molecule has 3 unspecified atom stereocenters. The third-order valence-corrected chi connectivity index (χ3v) is 12.0. The van der Waals surface area contributed by atoms with Crippen LogP contribution in [0.1, 0.15) is 310 Å². The van der Waals surface area contributed by atoms with E-state index in [0.717, 1.165) is 96.3 Å². The second-order valence-corrected chi connectivity index (χ2v) is 19.1. The molecule has 378 valence electrons. The van der Waals surface area contributed by atoms with Crippen LogP contribution in [0.25, 0.3) is 0 Å². The van der Waals surface area contributed by atoms with Crippen LogP contribution in [-0.2, 0) is 14.4 Å². The van der Waals surface area contributed by atoms with E-state index in [1.165, 1.54) is 173 Å². The smallest absolute Gasteiger partial charge is 0.550 e. The van der Waals surface area contributed by atoms with Crippen molar-refractivity contribution >= 4 is 35.3 Å². The van der Waals surface area contributed by atoms with Crippen LogP contribution in [0.3, 0.4) is 0 Å². The Kier molecular flexibility index (Phi) is 64.9. The summed E-state index contributed by atoms with van der Waals surface area (Å²) in [6.07, 6.45) is 50.9. The summed E-state index contributed by atoms with van der Waals surface area (Å²) in [5.41, 5.74) is 0. The summed E-state index contributed by atoms with van der Waals surface area (Å²) in [6.45, 7) is 5.59. The van der Waals surface area contributed by atoms with Gasteiger partial charge in [-0.25, -0.2) is 0 Å². The minimum atomic E-state index is -0.916. The first-order chi connectivity index (χ1) is 30.4. The third-order valence-electron chi connectivity index (χ3n) is 12.0. The van der Waals surface area contributed by atoms with Gasteiger partial charge in [-0.05, 0) is 78.6 Å². The Bertz CT molecular complexity index is 801. The first-order valence-electron chi connectivity index (χ1n) is 27.0. The molecule has 0 aliphatic heterocycles. The molecule has 0 bridgehead atoms. The van der Waals surface area contributed by atoms with Crippen LogP contribution in [0, 0.1) is 0 Å². The van der Waals surface area contributed by atoms with E-state index in [0.29, 0.717) is 0 Å². The summed E-state index contributed by atoms with van der Waals surface area (Å²) in [7, 11) is 0. The second-order valence-electron chi connectivity index (χ2n) is 19.1. The van der Waals surface area contributed by atoms with Crippen molar-refractivity contribution in [3.8, 4) is 0 Å². The number of rotatable bonds is 48. The molecule has 10 heteroatoms. The number of aliphatic hydroxyl groups excluding tert-OH is 3. The quantitative estimate of drug-likeness (QED) is 0.0395. The average Bonchev–Trinajstić information content (AvgIpc) is 3.22. The molecule has 0 heterocycles. The van der Waals surface area contributed by atoms with Crippen molar-refractivity contribution in [3.63, 3.8) is 0 Å². The fourth-order valence-electron chi connectivity index (χ4n) is 7.96. The van der Waals surface area contributed by atoms with E-state index in [2.05, 4.69) is 0 Å². The Morgan fingerprint density at radius 2 is 0.375 bits per heavy atom. The molecule has 0 aliphatic carbocycles. The zero-order valence-corrected chi connectivity index (χ0v) is 43.6. The van der Waals surface area contributed by atoms with Crippen molar-refractivity contribution in [2.45, 2.75) is 328 Å². The van der Waals surface area contributed by atoms with E-state index in [-0.39, 0.29) is 54.9 Å². The van der Waals surface area contributed by atoms with Gasteiger partial charge in [-0.2, -0.15) is 0 Å². The number of hydrogen-bond acceptors (Lipinski definition) is 9. The van der Waals surface area contributed by atoms with Crippen molar-refractivity contribution in [2.75, 3.05) is 0 Å². The van der Waals surface area contributed by atoms with E-state index < -0.39 is 17.9 Å². The predicted molar refractivity (Wildman–Crippen MR) is 264 cm³/mol. The first-order valence-corrected chi connectivity index (χ1v) is 27.0. The van der Waals surface area contributed by atoms with Gasteiger partial charge in [-0.3, -0.25) is 0 Å². The van der Waals surface area contributed by atoms with Gasteiger partial charge in [0.05, 0.1) is 18.3 Å². The molecule has 0 amide bonds. The van der Waals surface area contributed by atoms with Gasteiger partial charge < -0.3 is 45.0 Å². The van der Waals surface area contributed by atoms with Crippen molar-refractivity contribution in [2.24, 2.45) is 0 Å².